The number of hydrogen-bond acceptors (Lipinski definition) is 6. The summed E-state index contributed by atoms with van der Waals surface area (Å²) < 4.78 is 41.7. The molecule has 2 aromatic rings. The van der Waals surface area contributed by atoms with Crippen molar-refractivity contribution in [2.75, 3.05) is 40.7 Å². The van der Waals surface area contributed by atoms with Crippen LogP contribution in [0.1, 0.15) is 11.1 Å². The second kappa shape index (κ2) is 9.15. The molecule has 158 valence electrons. The summed E-state index contributed by atoms with van der Waals surface area (Å²) in [4.78, 5) is 12.7. The highest BCUT2D eigenvalue weighted by atomic mass is 32.2. The Morgan fingerprint density at radius 2 is 1.59 bits per heavy atom. The molecule has 0 radical (unpaired) electrons. The van der Waals surface area contributed by atoms with E-state index in [0.29, 0.717) is 28.5 Å². The number of carbonyl (C=O) groups is 1. The lowest BCUT2D eigenvalue weighted by Gasteiger charge is -2.15. The maximum atomic E-state index is 12.6. The van der Waals surface area contributed by atoms with E-state index in [2.05, 4.69) is 5.32 Å². The Labute approximate surface area is 171 Å². The summed E-state index contributed by atoms with van der Waals surface area (Å²) in [5.74, 6) is 1.04. The Kier molecular flexibility index (Phi) is 7.10. The van der Waals surface area contributed by atoms with Crippen LogP contribution in [0.5, 0.6) is 17.2 Å². The molecule has 0 aromatic heterocycles. The van der Waals surface area contributed by atoms with Crippen LogP contribution in [0.15, 0.2) is 35.2 Å². The number of anilines is 1. The van der Waals surface area contributed by atoms with Crippen LogP contribution in [-0.4, -0.2) is 54.1 Å². The molecule has 0 spiro atoms. The van der Waals surface area contributed by atoms with Gasteiger partial charge in [-0.15, -0.1) is 0 Å². The second-order valence-electron chi connectivity index (χ2n) is 6.52. The van der Waals surface area contributed by atoms with E-state index in [1.165, 1.54) is 47.6 Å². The lowest BCUT2D eigenvalue weighted by atomic mass is 10.1. The third-order valence-corrected chi connectivity index (χ3v) is 6.16. The quantitative estimate of drug-likeness (QED) is 0.702. The maximum Gasteiger partial charge on any atom is 0.242 e. The van der Waals surface area contributed by atoms with Gasteiger partial charge in [-0.1, -0.05) is 6.07 Å². The van der Waals surface area contributed by atoms with Crippen molar-refractivity contribution in [3.05, 3.63) is 41.5 Å². The highest BCUT2D eigenvalue weighted by Gasteiger charge is 2.19. The van der Waals surface area contributed by atoms with E-state index in [-0.39, 0.29) is 17.2 Å². The van der Waals surface area contributed by atoms with E-state index in [1.807, 2.05) is 0 Å². The molecule has 0 unspecified atom stereocenters. The number of hydrogen-bond donors (Lipinski definition) is 1. The van der Waals surface area contributed by atoms with E-state index in [0.717, 1.165) is 9.87 Å². The van der Waals surface area contributed by atoms with E-state index in [4.69, 9.17) is 14.2 Å². The summed E-state index contributed by atoms with van der Waals surface area (Å²) in [5, 5.41) is 2.78. The number of nitrogens with zero attached hydrogens (tertiary/aromatic N) is 1. The Balaban J connectivity index is 2.28. The topological polar surface area (TPSA) is 94.2 Å². The third-order valence-electron chi connectivity index (χ3n) is 4.35. The first-order chi connectivity index (χ1) is 13.6. The second-order valence-corrected chi connectivity index (χ2v) is 8.67. The third kappa shape index (κ3) is 4.99. The number of benzene rings is 2. The van der Waals surface area contributed by atoms with Gasteiger partial charge in [0.15, 0.2) is 11.5 Å². The van der Waals surface area contributed by atoms with Gasteiger partial charge in [-0.2, -0.15) is 0 Å². The molecule has 2 aromatic carbocycles. The number of rotatable bonds is 8. The van der Waals surface area contributed by atoms with Crippen molar-refractivity contribution in [1.29, 1.82) is 0 Å². The van der Waals surface area contributed by atoms with Gasteiger partial charge in [0.1, 0.15) is 0 Å². The lowest BCUT2D eigenvalue weighted by Crippen LogP contribution is -2.22. The molecular weight excluding hydrogens is 396 g/mol. The van der Waals surface area contributed by atoms with Crippen LogP contribution in [0.25, 0.3) is 0 Å². The van der Waals surface area contributed by atoms with Crippen LogP contribution in [0.3, 0.4) is 0 Å². The van der Waals surface area contributed by atoms with Gasteiger partial charge in [-0.05, 0) is 42.3 Å². The van der Waals surface area contributed by atoms with Crippen LogP contribution in [0.2, 0.25) is 0 Å². The van der Waals surface area contributed by atoms with Gasteiger partial charge < -0.3 is 19.5 Å². The van der Waals surface area contributed by atoms with Gasteiger partial charge in [-0.3, -0.25) is 4.79 Å². The normalized spacial score (nSPS) is 11.3. The predicted octanol–water partition coefficient (Wildman–Crippen LogP) is 2.45. The van der Waals surface area contributed by atoms with Crippen molar-refractivity contribution in [2.45, 2.75) is 18.2 Å². The van der Waals surface area contributed by atoms with Crippen molar-refractivity contribution in [1.82, 2.24) is 4.31 Å². The molecule has 0 saturated heterocycles. The van der Waals surface area contributed by atoms with Crippen molar-refractivity contribution < 1.29 is 27.4 Å². The number of nitrogens with one attached hydrogen (secondary N) is 1. The monoisotopic (exact) mass is 422 g/mol. The number of amides is 1. The van der Waals surface area contributed by atoms with Crippen molar-refractivity contribution in [3.8, 4) is 17.2 Å². The summed E-state index contributed by atoms with van der Waals surface area (Å²) >= 11 is 0. The maximum absolute atomic E-state index is 12.6. The molecule has 2 rings (SSSR count). The zero-order valence-corrected chi connectivity index (χ0v) is 18.2. The highest BCUT2D eigenvalue weighted by Crippen LogP contribution is 2.38. The molecule has 0 heterocycles. The molecule has 0 fully saturated rings. The number of carbonyl (C=O) groups excluding carboxylic acids is 1. The molecule has 0 aliphatic rings. The van der Waals surface area contributed by atoms with Crippen LogP contribution < -0.4 is 19.5 Å². The molecule has 0 saturated carbocycles. The molecule has 1 N–H and O–H groups in total. The van der Waals surface area contributed by atoms with Crippen molar-refractivity contribution >= 4 is 21.6 Å². The van der Waals surface area contributed by atoms with Gasteiger partial charge in [0.25, 0.3) is 0 Å². The van der Waals surface area contributed by atoms with Crippen LogP contribution >= 0.6 is 0 Å². The average Bonchev–Trinajstić information content (AvgIpc) is 2.68. The molecule has 29 heavy (non-hydrogen) atoms. The first-order valence-electron chi connectivity index (χ1n) is 8.76. The van der Waals surface area contributed by atoms with Crippen LogP contribution in [0.4, 0.5) is 5.69 Å². The average molecular weight is 423 g/mol. The van der Waals surface area contributed by atoms with Gasteiger partial charge in [0.05, 0.1) is 32.6 Å². The van der Waals surface area contributed by atoms with Gasteiger partial charge >= 0.3 is 0 Å². The molecule has 0 atom stereocenters. The minimum absolute atomic E-state index is 0.0425. The molecular formula is C20H26N2O6S. The zero-order chi connectivity index (χ0) is 21.8. The summed E-state index contributed by atoms with van der Waals surface area (Å²) in [6.07, 6.45) is 0.0425. The highest BCUT2D eigenvalue weighted by molar-refractivity contribution is 7.89. The predicted molar refractivity (Wildman–Crippen MR) is 110 cm³/mol. The SMILES string of the molecule is COc1cc(CC(=O)Nc2cc(S(=O)(=O)N(C)C)ccc2C)cc(OC)c1OC. The molecule has 8 nitrogen and oxygen atoms in total. The number of aryl methyl sites for hydroxylation is 1. The van der Waals surface area contributed by atoms with Crippen LogP contribution in [-0.2, 0) is 21.2 Å². The Morgan fingerprint density at radius 3 is 2.07 bits per heavy atom. The number of methoxy groups -OCH3 is 3. The van der Waals surface area contributed by atoms with Crippen LogP contribution in [0, 0.1) is 6.92 Å². The fourth-order valence-electron chi connectivity index (χ4n) is 2.72. The van der Waals surface area contributed by atoms with E-state index >= 15 is 0 Å². The van der Waals surface area contributed by atoms with E-state index in [1.54, 1.807) is 25.1 Å². The molecule has 1 amide bonds. The lowest BCUT2D eigenvalue weighted by molar-refractivity contribution is -0.115. The summed E-state index contributed by atoms with van der Waals surface area (Å²) in [5.41, 5.74) is 1.85. The standard InChI is InChI=1S/C20H26N2O6S/c1-13-7-8-15(29(24,25)22(2)3)12-16(13)21-19(23)11-14-9-17(26-4)20(28-6)18(10-14)27-5/h7-10,12H,11H2,1-6H3,(H,21,23). The molecule has 0 aliphatic heterocycles. The summed E-state index contributed by atoms with van der Waals surface area (Å²) in [7, 11) is 3.82. The number of ether oxygens (including phenoxy) is 3. The number of sulfonamides is 1. The molecule has 9 heteroatoms. The van der Waals surface area contributed by atoms with Crippen molar-refractivity contribution in [2.24, 2.45) is 0 Å². The van der Waals surface area contributed by atoms with Gasteiger partial charge in [0, 0.05) is 19.8 Å². The van der Waals surface area contributed by atoms with E-state index in [9.17, 15) is 13.2 Å². The Bertz CT molecular complexity index is 977. The first-order valence-corrected chi connectivity index (χ1v) is 10.2. The smallest absolute Gasteiger partial charge is 0.242 e. The summed E-state index contributed by atoms with van der Waals surface area (Å²) in [6.45, 7) is 1.79. The molecule has 0 aliphatic carbocycles. The van der Waals surface area contributed by atoms with Gasteiger partial charge in [-0.25, -0.2) is 12.7 Å². The minimum atomic E-state index is -3.60. The van der Waals surface area contributed by atoms with Gasteiger partial charge in [0.2, 0.25) is 21.7 Å². The fourth-order valence-corrected chi connectivity index (χ4v) is 3.65. The Morgan fingerprint density at radius 1 is 1.00 bits per heavy atom. The molecule has 0 bridgehead atoms. The Hall–Kier alpha value is -2.78. The zero-order valence-electron chi connectivity index (χ0n) is 17.4. The first kappa shape index (κ1) is 22.5. The summed E-state index contributed by atoms with van der Waals surface area (Å²) in [6, 6.07) is 8.02. The fraction of sp³-hybridized carbons (Fsp3) is 0.350. The largest absolute Gasteiger partial charge is 0.493 e. The minimum Gasteiger partial charge on any atom is -0.493 e. The van der Waals surface area contributed by atoms with E-state index < -0.39 is 10.0 Å². The van der Waals surface area contributed by atoms with Crippen molar-refractivity contribution in [3.63, 3.8) is 0 Å².